The van der Waals surface area contributed by atoms with Crippen LogP contribution in [0.15, 0.2) is 66.0 Å². The number of aliphatic hydroxyl groups is 1. The van der Waals surface area contributed by atoms with E-state index in [4.69, 9.17) is 5.11 Å². The molecule has 0 aliphatic heterocycles. The summed E-state index contributed by atoms with van der Waals surface area (Å²) in [5.41, 5.74) is 3.42. The van der Waals surface area contributed by atoms with Crippen molar-refractivity contribution in [1.29, 1.82) is 0 Å². The molecule has 0 aliphatic rings. The maximum atomic E-state index is 12.2. The van der Waals surface area contributed by atoms with E-state index < -0.39 is 0 Å². The number of phenols is 1. The van der Waals surface area contributed by atoms with Crippen molar-refractivity contribution in [3.63, 3.8) is 0 Å². The Labute approximate surface area is 156 Å². The smallest absolute Gasteiger partial charge is 0.277 e. The second kappa shape index (κ2) is 8.94. The number of nitrogens with zero attached hydrogens (tertiary/aromatic N) is 2. The van der Waals surface area contributed by atoms with Crippen LogP contribution in [0.4, 0.5) is 0 Å². The van der Waals surface area contributed by atoms with Gasteiger partial charge < -0.3 is 22.6 Å². The van der Waals surface area contributed by atoms with Crippen LogP contribution in [0.5, 0.6) is 5.75 Å². The van der Waals surface area contributed by atoms with Gasteiger partial charge in [0, 0.05) is 11.6 Å². The molecule has 3 rings (SSSR count). The molecule has 0 saturated carbocycles. The summed E-state index contributed by atoms with van der Waals surface area (Å²) in [5.74, 6) is -0.277. The van der Waals surface area contributed by atoms with Crippen LogP contribution in [-0.4, -0.2) is 28.9 Å². The Hall–Kier alpha value is -2.96. The SMILES string of the molecule is O=C(NN=Cc1c(O)ccc2ccccc12)c1ccc[n+](CCO)c1.[Cl-]. The number of carbonyl (C=O) groups excluding carboxylic acids is 1. The number of benzene rings is 2. The number of carbonyl (C=O) groups is 1. The van der Waals surface area contributed by atoms with E-state index in [0.29, 0.717) is 17.7 Å². The van der Waals surface area contributed by atoms with E-state index in [9.17, 15) is 9.90 Å². The van der Waals surface area contributed by atoms with Crippen LogP contribution in [0.2, 0.25) is 0 Å². The van der Waals surface area contributed by atoms with E-state index in [1.807, 2.05) is 30.3 Å². The van der Waals surface area contributed by atoms with Crippen LogP contribution >= 0.6 is 0 Å². The highest BCUT2D eigenvalue weighted by Gasteiger charge is 2.10. The number of aromatic nitrogens is 1. The first-order chi connectivity index (χ1) is 12.2. The van der Waals surface area contributed by atoms with Gasteiger partial charge in [-0.05, 0) is 22.9 Å². The highest BCUT2D eigenvalue weighted by molar-refractivity contribution is 6.03. The fourth-order valence-corrected chi connectivity index (χ4v) is 2.55. The lowest BCUT2D eigenvalue weighted by molar-refractivity contribution is -0.698. The summed E-state index contributed by atoms with van der Waals surface area (Å²) < 4.78 is 1.72. The highest BCUT2D eigenvalue weighted by atomic mass is 35.5. The molecule has 3 aromatic rings. The summed E-state index contributed by atoms with van der Waals surface area (Å²) >= 11 is 0. The molecule has 0 saturated heterocycles. The molecule has 1 amide bonds. The van der Waals surface area contributed by atoms with Crippen molar-refractivity contribution in [3.05, 3.63) is 72.1 Å². The Morgan fingerprint density at radius 1 is 1.15 bits per heavy atom. The molecule has 0 aliphatic carbocycles. The predicted octanol–water partition coefficient (Wildman–Crippen LogP) is -1.41. The molecule has 1 heterocycles. The molecule has 0 bridgehead atoms. The molecule has 0 spiro atoms. The number of pyridine rings is 1. The fourth-order valence-electron chi connectivity index (χ4n) is 2.55. The Morgan fingerprint density at radius 3 is 2.77 bits per heavy atom. The number of hydrogen-bond donors (Lipinski definition) is 3. The molecule has 26 heavy (non-hydrogen) atoms. The van der Waals surface area contributed by atoms with E-state index in [0.717, 1.165) is 10.8 Å². The Morgan fingerprint density at radius 2 is 1.96 bits per heavy atom. The normalized spacial score (nSPS) is 10.7. The third kappa shape index (κ3) is 4.36. The van der Waals surface area contributed by atoms with Crippen LogP contribution in [0.25, 0.3) is 10.8 Å². The molecule has 1 aromatic heterocycles. The van der Waals surface area contributed by atoms with Gasteiger partial charge in [0.1, 0.15) is 17.9 Å². The lowest BCUT2D eigenvalue weighted by atomic mass is 10.0. The van der Waals surface area contributed by atoms with Crippen LogP contribution in [0, 0.1) is 0 Å². The lowest BCUT2D eigenvalue weighted by Crippen LogP contribution is -3.00. The Kier molecular flexibility index (Phi) is 6.66. The molecule has 3 N–H and O–H groups in total. The van der Waals surface area contributed by atoms with Gasteiger partial charge in [-0.1, -0.05) is 30.3 Å². The largest absolute Gasteiger partial charge is 1.00 e. The number of halogens is 1. The van der Waals surface area contributed by atoms with Gasteiger partial charge in [-0.2, -0.15) is 5.10 Å². The van der Waals surface area contributed by atoms with E-state index >= 15 is 0 Å². The zero-order valence-electron chi connectivity index (χ0n) is 13.8. The summed E-state index contributed by atoms with van der Waals surface area (Å²) in [7, 11) is 0. The van der Waals surface area contributed by atoms with Gasteiger partial charge in [0.2, 0.25) is 0 Å². The average Bonchev–Trinajstić information content (AvgIpc) is 2.64. The van der Waals surface area contributed by atoms with Crippen LogP contribution < -0.4 is 22.4 Å². The zero-order valence-corrected chi connectivity index (χ0v) is 14.6. The predicted molar refractivity (Wildman–Crippen MR) is 94.4 cm³/mol. The van der Waals surface area contributed by atoms with Crippen molar-refractivity contribution in [3.8, 4) is 5.75 Å². The first-order valence-corrected chi connectivity index (χ1v) is 7.83. The molecule has 0 radical (unpaired) electrons. The number of hydrogen-bond acceptors (Lipinski definition) is 4. The minimum Gasteiger partial charge on any atom is -1.00 e. The number of nitrogens with one attached hydrogen (secondary N) is 1. The number of fused-ring (bicyclic) bond motifs is 1. The minimum absolute atomic E-state index is 0. The summed E-state index contributed by atoms with van der Waals surface area (Å²) in [6.45, 7) is 0.405. The average molecular weight is 372 g/mol. The van der Waals surface area contributed by atoms with Gasteiger partial charge in [-0.25, -0.2) is 9.99 Å². The second-order valence-electron chi connectivity index (χ2n) is 5.47. The minimum atomic E-state index is -0.372. The van der Waals surface area contributed by atoms with Gasteiger partial charge in [0.15, 0.2) is 18.9 Å². The Bertz CT molecular complexity index is 944. The number of amides is 1. The van der Waals surface area contributed by atoms with Crippen molar-refractivity contribution >= 4 is 22.9 Å². The van der Waals surface area contributed by atoms with Gasteiger partial charge in [-0.3, -0.25) is 4.79 Å². The maximum Gasteiger partial charge on any atom is 0.277 e. The first-order valence-electron chi connectivity index (χ1n) is 7.83. The molecule has 134 valence electrons. The Balaban J connectivity index is 0.00000243. The summed E-state index contributed by atoms with van der Waals surface area (Å²) in [6, 6.07) is 14.4. The molecule has 0 unspecified atom stereocenters. The first kappa shape index (κ1) is 19.4. The van der Waals surface area contributed by atoms with E-state index in [1.54, 1.807) is 35.2 Å². The quantitative estimate of drug-likeness (QED) is 0.293. The lowest BCUT2D eigenvalue weighted by Gasteiger charge is -2.04. The molecule has 0 fully saturated rings. The summed E-state index contributed by atoms with van der Waals surface area (Å²) in [6.07, 6.45) is 4.83. The van der Waals surface area contributed by atoms with Crippen molar-refractivity contribution in [1.82, 2.24) is 5.43 Å². The van der Waals surface area contributed by atoms with Crippen LogP contribution in [0.3, 0.4) is 0 Å². The van der Waals surface area contributed by atoms with Crippen molar-refractivity contribution in [2.75, 3.05) is 6.61 Å². The van der Waals surface area contributed by atoms with Gasteiger partial charge in [-0.15, -0.1) is 0 Å². The van der Waals surface area contributed by atoms with Gasteiger partial charge in [0.25, 0.3) is 5.91 Å². The van der Waals surface area contributed by atoms with Crippen LogP contribution in [-0.2, 0) is 6.54 Å². The molecule has 6 nitrogen and oxygen atoms in total. The number of hydrazone groups is 1. The highest BCUT2D eigenvalue weighted by Crippen LogP contribution is 2.25. The second-order valence-corrected chi connectivity index (χ2v) is 5.47. The third-order valence-corrected chi connectivity index (χ3v) is 3.79. The standard InChI is InChI=1S/C19H17N3O3.ClH/c23-11-10-22-9-3-5-15(13-22)19(25)21-20-12-17-16-6-2-1-4-14(16)7-8-18(17)24;/h1-9,12-13,23H,10-11H2,(H-,20,21,24,25);1H. The third-order valence-electron chi connectivity index (χ3n) is 3.79. The van der Waals surface area contributed by atoms with Crippen LogP contribution in [0.1, 0.15) is 15.9 Å². The molecular weight excluding hydrogens is 354 g/mol. The van der Waals surface area contributed by atoms with Gasteiger partial charge in [0.05, 0.1) is 6.21 Å². The number of aromatic hydroxyl groups is 1. The van der Waals surface area contributed by atoms with E-state index in [2.05, 4.69) is 10.5 Å². The fraction of sp³-hybridized carbons (Fsp3) is 0.105. The number of phenolic OH excluding ortho intramolecular Hbond substituents is 1. The van der Waals surface area contributed by atoms with Crippen molar-refractivity contribution in [2.45, 2.75) is 6.54 Å². The van der Waals surface area contributed by atoms with E-state index in [-0.39, 0.29) is 30.7 Å². The van der Waals surface area contributed by atoms with E-state index in [1.165, 1.54) is 6.21 Å². The molecular formula is C19H18ClN3O3. The topological polar surface area (TPSA) is 85.8 Å². The van der Waals surface area contributed by atoms with Crippen molar-refractivity contribution in [2.24, 2.45) is 5.10 Å². The molecule has 7 heteroatoms. The summed E-state index contributed by atoms with van der Waals surface area (Å²) in [4.78, 5) is 12.2. The van der Waals surface area contributed by atoms with Crippen molar-refractivity contribution < 1.29 is 32.0 Å². The summed E-state index contributed by atoms with van der Waals surface area (Å²) in [5, 5.41) is 24.8. The number of aliphatic hydroxyl groups excluding tert-OH is 1. The molecule has 0 atom stereocenters. The molecule has 2 aromatic carbocycles. The monoisotopic (exact) mass is 371 g/mol. The zero-order chi connectivity index (χ0) is 17.6. The van der Waals surface area contributed by atoms with Gasteiger partial charge >= 0.3 is 0 Å². The maximum absolute atomic E-state index is 12.2. The number of rotatable bonds is 5.